The van der Waals surface area contributed by atoms with Gasteiger partial charge in [-0.1, -0.05) is 18.2 Å². The molecule has 74 valence electrons. The Kier molecular flexibility index (Phi) is 1.80. The molecule has 0 saturated carbocycles. The topological polar surface area (TPSA) is 0 Å². The summed E-state index contributed by atoms with van der Waals surface area (Å²) in [5.74, 6) is -0.161. The number of hydrogen-bond donors (Lipinski definition) is 0. The van der Waals surface area contributed by atoms with Crippen LogP contribution >= 0.6 is 11.3 Å². The van der Waals surface area contributed by atoms with E-state index in [-0.39, 0.29) is 5.82 Å². The van der Waals surface area contributed by atoms with Crippen molar-refractivity contribution in [2.45, 2.75) is 6.92 Å². The van der Waals surface area contributed by atoms with E-state index >= 15 is 0 Å². The van der Waals surface area contributed by atoms with Crippen LogP contribution in [0.5, 0.6) is 0 Å². The zero-order valence-electron chi connectivity index (χ0n) is 8.25. The molecular weight excluding hydrogens is 207 g/mol. The molecule has 0 atom stereocenters. The summed E-state index contributed by atoms with van der Waals surface area (Å²) in [5, 5.41) is 2.37. The standard InChI is InChI=1S/C13H9FS/c1-8-2-4-10-11-5-3-9(14)7-13(11)15-12(10)6-8/h2-7H,1H3. The van der Waals surface area contributed by atoms with E-state index in [1.807, 2.05) is 6.07 Å². The highest BCUT2D eigenvalue weighted by molar-refractivity contribution is 7.25. The van der Waals surface area contributed by atoms with Gasteiger partial charge >= 0.3 is 0 Å². The molecule has 2 aromatic carbocycles. The second-order valence-corrected chi connectivity index (χ2v) is 4.83. The lowest BCUT2D eigenvalue weighted by molar-refractivity contribution is 0.630. The molecule has 0 aliphatic rings. The summed E-state index contributed by atoms with van der Waals surface area (Å²) in [6.07, 6.45) is 0. The minimum atomic E-state index is -0.161. The highest BCUT2D eigenvalue weighted by atomic mass is 32.1. The molecule has 0 fully saturated rings. The molecule has 0 spiro atoms. The molecule has 0 aliphatic heterocycles. The van der Waals surface area contributed by atoms with Crippen LogP contribution in [0.4, 0.5) is 4.39 Å². The van der Waals surface area contributed by atoms with E-state index in [2.05, 4.69) is 25.1 Å². The maximum Gasteiger partial charge on any atom is 0.124 e. The van der Waals surface area contributed by atoms with Crippen LogP contribution in [0.2, 0.25) is 0 Å². The summed E-state index contributed by atoms with van der Waals surface area (Å²) in [6.45, 7) is 2.07. The van der Waals surface area contributed by atoms with E-state index in [1.54, 1.807) is 17.4 Å². The van der Waals surface area contributed by atoms with Crippen LogP contribution < -0.4 is 0 Å². The lowest BCUT2D eigenvalue weighted by atomic mass is 10.1. The molecule has 0 saturated heterocycles. The van der Waals surface area contributed by atoms with Crippen LogP contribution in [0.3, 0.4) is 0 Å². The second kappa shape index (κ2) is 3.04. The zero-order chi connectivity index (χ0) is 10.4. The monoisotopic (exact) mass is 216 g/mol. The Hall–Kier alpha value is -1.41. The van der Waals surface area contributed by atoms with Crippen molar-refractivity contribution in [1.29, 1.82) is 0 Å². The van der Waals surface area contributed by atoms with Crippen LogP contribution in [0.15, 0.2) is 36.4 Å². The molecule has 3 aromatic rings. The summed E-state index contributed by atoms with van der Waals surface area (Å²) in [5.41, 5.74) is 1.24. The Morgan fingerprint density at radius 3 is 2.40 bits per heavy atom. The molecule has 0 N–H and O–H groups in total. The zero-order valence-corrected chi connectivity index (χ0v) is 9.07. The van der Waals surface area contributed by atoms with Gasteiger partial charge in [-0.05, 0) is 30.7 Å². The Labute approximate surface area is 91.0 Å². The van der Waals surface area contributed by atoms with Gasteiger partial charge in [-0.2, -0.15) is 0 Å². The van der Waals surface area contributed by atoms with Crippen molar-refractivity contribution < 1.29 is 4.39 Å². The Bertz CT molecular complexity index is 596. The summed E-state index contributed by atoms with van der Waals surface area (Å²) in [6, 6.07) is 11.3. The number of fused-ring (bicyclic) bond motifs is 3. The van der Waals surface area contributed by atoms with Crippen molar-refractivity contribution >= 4 is 31.5 Å². The molecule has 0 unspecified atom stereocenters. The summed E-state index contributed by atoms with van der Waals surface area (Å²) in [4.78, 5) is 0. The van der Waals surface area contributed by atoms with E-state index in [9.17, 15) is 4.39 Å². The molecule has 15 heavy (non-hydrogen) atoms. The molecule has 0 amide bonds. The lowest BCUT2D eigenvalue weighted by Crippen LogP contribution is -1.71. The largest absolute Gasteiger partial charge is 0.207 e. The lowest BCUT2D eigenvalue weighted by Gasteiger charge is -1.92. The Morgan fingerprint density at radius 2 is 1.60 bits per heavy atom. The smallest absolute Gasteiger partial charge is 0.124 e. The van der Waals surface area contributed by atoms with Crippen molar-refractivity contribution in [3.8, 4) is 0 Å². The molecule has 0 bridgehead atoms. The first-order valence-electron chi connectivity index (χ1n) is 4.82. The van der Waals surface area contributed by atoms with Crippen molar-refractivity contribution in [3.63, 3.8) is 0 Å². The Morgan fingerprint density at radius 1 is 0.933 bits per heavy atom. The van der Waals surface area contributed by atoms with Crippen molar-refractivity contribution in [1.82, 2.24) is 0 Å². The van der Waals surface area contributed by atoms with Crippen LogP contribution in [-0.2, 0) is 0 Å². The first-order valence-corrected chi connectivity index (χ1v) is 5.64. The average Bonchev–Trinajstić information content (AvgIpc) is 2.53. The molecule has 3 rings (SSSR count). The molecule has 0 aliphatic carbocycles. The summed E-state index contributed by atoms with van der Waals surface area (Å²) < 4.78 is 15.3. The number of hydrogen-bond acceptors (Lipinski definition) is 1. The van der Waals surface area contributed by atoms with E-state index in [0.29, 0.717) is 0 Å². The normalized spacial score (nSPS) is 11.3. The maximum atomic E-state index is 13.1. The fraction of sp³-hybridized carbons (Fsp3) is 0.0769. The Balaban J connectivity index is 2.51. The minimum absolute atomic E-state index is 0.161. The van der Waals surface area contributed by atoms with Crippen LogP contribution in [-0.4, -0.2) is 0 Å². The van der Waals surface area contributed by atoms with Gasteiger partial charge in [-0.25, -0.2) is 4.39 Å². The van der Waals surface area contributed by atoms with E-state index < -0.39 is 0 Å². The summed E-state index contributed by atoms with van der Waals surface area (Å²) >= 11 is 1.65. The third kappa shape index (κ3) is 1.33. The SMILES string of the molecule is Cc1ccc2c(c1)sc1cc(F)ccc12. The molecule has 1 heterocycles. The van der Waals surface area contributed by atoms with Gasteiger partial charge in [0.25, 0.3) is 0 Å². The molecule has 2 heteroatoms. The van der Waals surface area contributed by atoms with Gasteiger partial charge < -0.3 is 0 Å². The molecular formula is C13H9FS. The first-order chi connectivity index (χ1) is 7.24. The number of thiophene rings is 1. The number of benzene rings is 2. The fourth-order valence-corrected chi connectivity index (χ4v) is 3.09. The van der Waals surface area contributed by atoms with E-state index in [0.717, 1.165) is 10.1 Å². The van der Waals surface area contributed by atoms with Gasteiger partial charge in [-0.15, -0.1) is 11.3 Å². The third-order valence-corrected chi connectivity index (χ3v) is 3.71. The second-order valence-electron chi connectivity index (χ2n) is 3.74. The maximum absolute atomic E-state index is 13.1. The molecule has 0 radical (unpaired) electrons. The van der Waals surface area contributed by atoms with Gasteiger partial charge in [0.15, 0.2) is 0 Å². The number of aryl methyl sites for hydroxylation is 1. The van der Waals surface area contributed by atoms with Crippen LogP contribution in [0.1, 0.15) is 5.56 Å². The van der Waals surface area contributed by atoms with Gasteiger partial charge in [0.1, 0.15) is 5.82 Å². The highest BCUT2D eigenvalue weighted by Gasteiger charge is 2.05. The van der Waals surface area contributed by atoms with Gasteiger partial charge in [-0.3, -0.25) is 0 Å². The van der Waals surface area contributed by atoms with Crippen LogP contribution in [0, 0.1) is 12.7 Å². The third-order valence-electron chi connectivity index (χ3n) is 2.59. The number of halogens is 1. The minimum Gasteiger partial charge on any atom is -0.207 e. The summed E-state index contributed by atoms with van der Waals surface area (Å²) in [7, 11) is 0. The predicted molar refractivity (Wildman–Crippen MR) is 64.0 cm³/mol. The quantitative estimate of drug-likeness (QED) is 0.519. The average molecular weight is 216 g/mol. The first kappa shape index (κ1) is 8.86. The van der Waals surface area contributed by atoms with Crippen molar-refractivity contribution in [3.05, 3.63) is 47.8 Å². The van der Waals surface area contributed by atoms with Crippen molar-refractivity contribution in [2.24, 2.45) is 0 Å². The van der Waals surface area contributed by atoms with Gasteiger partial charge in [0.05, 0.1) is 0 Å². The molecule has 1 aromatic heterocycles. The fourth-order valence-electron chi connectivity index (χ4n) is 1.86. The van der Waals surface area contributed by atoms with Crippen LogP contribution in [0.25, 0.3) is 20.2 Å². The molecule has 0 nitrogen and oxygen atoms in total. The van der Waals surface area contributed by atoms with Gasteiger partial charge in [0, 0.05) is 20.2 Å². The number of rotatable bonds is 0. The highest BCUT2D eigenvalue weighted by Crippen LogP contribution is 2.34. The van der Waals surface area contributed by atoms with Gasteiger partial charge in [0.2, 0.25) is 0 Å². The van der Waals surface area contributed by atoms with E-state index in [4.69, 9.17) is 0 Å². The van der Waals surface area contributed by atoms with Crippen molar-refractivity contribution in [2.75, 3.05) is 0 Å². The van der Waals surface area contributed by atoms with E-state index in [1.165, 1.54) is 21.7 Å². The predicted octanol–water partition coefficient (Wildman–Crippen LogP) is 4.50.